The van der Waals surface area contributed by atoms with E-state index in [9.17, 15) is 0 Å². The Bertz CT molecular complexity index is 311. The van der Waals surface area contributed by atoms with Gasteiger partial charge in [-0.2, -0.15) is 12.6 Å². The van der Waals surface area contributed by atoms with Gasteiger partial charge in [0.1, 0.15) is 5.84 Å². The first-order valence-electron chi connectivity index (χ1n) is 5.32. The smallest absolute Gasteiger partial charge is 0.124 e. The monoisotopic (exact) mass is 241 g/mol. The molecule has 0 amide bonds. The first-order chi connectivity index (χ1) is 7.65. The minimum Gasteiger partial charge on any atom is -0.398 e. The second kappa shape index (κ2) is 10.4. The number of rotatable bonds is 2. The minimum absolute atomic E-state index is 0.0304. The summed E-state index contributed by atoms with van der Waals surface area (Å²) in [6.07, 6.45) is 2.63. The molecule has 92 valence electrons. The van der Waals surface area contributed by atoms with Crippen LogP contribution in [0.4, 0.5) is 5.69 Å². The molecule has 1 rings (SSSR count). The van der Waals surface area contributed by atoms with Crippen molar-refractivity contribution in [2.45, 2.75) is 27.2 Å². The summed E-state index contributed by atoms with van der Waals surface area (Å²) in [5, 5.41) is 7.25. The van der Waals surface area contributed by atoms with Crippen LogP contribution in [0.1, 0.15) is 31.9 Å². The molecule has 0 radical (unpaired) electrons. The molecule has 16 heavy (non-hydrogen) atoms. The van der Waals surface area contributed by atoms with Gasteiger partial charge >= 0.3 is 0 Å². The van der Waals surface area contributed by atoms with E-state index in [0.29, 0.717) is 11.3 Å². The number of anilines is 1. The summed E-state index contributed by atoms with van der Waals surface area (Å²) in [4.78, 5) is 0. The zero-order valence-electron chi connectivity index (χ0n) is 10.5. The topological polar surface area (TPSA) is 75.9 Å². The normalized spacial score (nSPS) is 8.06. The van der Waals surface area contributed by atoms with E-state index < -0.39 is 0 Å². The van der Waals surface area contributed by atoms with Crippen molar-refractivity contribution in [3.63, 3.8) is 0 Å². The zero-order valence-corrected chi connectivity index (χ0v) is 11.4. The highest BCUT2D eigenvalue weighted by atomic mass is 32.1. The standard InChI is InChI=1S/C9H13N3.C2H6.CH4S/c1-2-6-3-4-8(10)7(5-6)9(11)12;2*1-2/h3-5H,2,10H2,1H3,(H3,11,12);1-2H3;2H,1H3. The quantitative estimate of drug-likeness (QED) is 0.278. The van der Waals surface area contributed by atoms with Crippen molar-refractivity contribution < 1.29 is 0 Å². The fourth-order valence-electron chi connectivity index (χ4n) is 1.06. The predicted octanol–water partition coefficient (Wildman–Crippen LogP) is 2.69. The molecule has 0 fully saturated rings. The van der Waals surface area contributed by atoms with Gasteiger partial charge in [0.15, 0.2) is 0 Å². The van der Waals surface area contributed by atoms with Crippen molar-refractivity contribution in [1.82, 2.24) is 0 Å². The van der Waals surface area contributed by atoms with Gasteiger partial charge in [0, 0.05) is 11.3 Å². The lowest BCUT2D eigenvalue weighted by molar-refractivity contribution is 1.14. The van der Waals surface area contributed by atoms with Crippen molar-refractivity contribution >= 4 is 24.2 Å². The van der Waals surface area contributed by atoms with Crippen LogP contribution in [0.2, 0.25) is 0 Å². The number of nitrogen functional groups attached to an aromatic ring is 2. The number of nitrogens with two attached hydrogens (primary N) is 2. The van der Waals surface area contributed by atoms with E-state index in [1.165, 1.54) is 0 Å². The van der Waals surface area contributed by atoms with Crippen molar-refractivity contribution in [2.24, 2.45) is 5.73 Å². The first-order valence-corrected chi connectivity index (χ1v) is 6.22. The summed E-state index contributed by atoms with van der Waals surface area (Å²) in [6.45, 7) is 6.05. The Hall–Kier alpha value is -1.16. The van der Waals surface area contributed by atoms with E-state index in [2.05, 4.69) is 19.6 Å². The fraction of sp³-hybridized carbons (Fsp3) is 0.417. The van der Waals surface area contributed by atoms with Crippen molar-refractivity contribution in [3.8, 4) is 0 Å². The molecule has 4 heteroatoms. The number of nitrogens with one attached hydrogen (secondary N) is 1. The SMILES string of the molecule is CC.CCc1ccc(N)c(C(=N)N)c1.CS. The Morgan fingerprint density at radius 3 is 2.19 bits per heavy atom. The van der Waals surface area contributed by atoms with E-state index in [0.717, 1.165) is 12.0 Å². The van der Waals surface area contributed by atoms with E-state index in [4.69, 9.17) is 16.9 Å². The molecule has 0 aliphatic carbocycles. The molecule has 0 atom stereocenters. The number of benzene rings is 1. The van der Waals surface area contributed by atoms with Crippen molar-refractivity contribution in [3.05, 3.63) is 29.3 Å². The van der Waals surface area contributed by atoms with Crippen molar-refractivity contribution in [1.29, 1.82) is 5.41 Å². The highest BCUT2D eigenvalue weighted by molar-refractivity contribution is 7.79. The fourth-order valence-corrected chi connectivity index (χ4v) is 1.06. The molecule has 0 heterocycles. The third-order valence-electron chi connectivity index (χ3n) is 1.82. The van der Waals surface area contributed by atoms with Crippen LogP contribution in [0.3, 0.4) is 0 Å². The third kappa shape index (κ3) is 5.66. The number of amidine groups is 1. The Kier molecular flexibility index (Phi) is 11.2. The lowest BCUT2D eigenvalue weighted by Crippen LogP contribution is -2.13. The average molecular weight is 241 g/mol. The van der Waals surface area contributed by atoms with Crippen molar-refractivity contribution in [2.75, 3.05) is 12.0 Å². The Morgan fingerprint density at radius 1 is 1.31 bits per heavy atom. The molecular weight excluding hydrogens is 218 g/mol. The minimum atomic E-state index is 0.0304. The van der Waals surface area contributed by atoms with E-state index in [1.54, 1.807) is 12.3 Å². The highest BCUT2D eigenvalue weighted by Crippen LogP contribution is 2.13. The molecule has 3 nitrogen and oxygen atoms in total. The molecular formula is C12H23N3S. The van der Waals surface area contributed by atoms with Gasteiger partial charge in [0.25, 0.3) is 0 Å². The van der Waals surface area contributed by atoms with Crippen LogP contribution >= 0.6 is 12.6 Å². The molecule has 0 spiro atoms. The zero-order chi connectivity index (χ0) is 13.1. The van der Waals surface area contributed by atoms with Gasteiger partial charge in [-0.3, -0.25) is 5.41 Å². The summed E-state index contributed by atoms with van der Waals surface area (Å²) in [7, 11) is 0. The summed E-state index contributed by atoms with van der Waals surface area (Å²) in [5.41, 5.74) is 13.3. The largest absolute Gasteiger partial charge is 0.398 e. The van der Waals surface area contributed by atoms with Gasteiger partial charge in [0.05, 0.1) is 0 Å². The van der Waals surface area contributed by atoms with Gasteiger partial charge in [-0.1, -0.05) is 26.8 Å². The maximum absolute atomic E-state index is 7.25. The molecule has 0 aliphatic heterocycles. The molecule has 0 aliphatic rings. The number of aryl methyl sites for hydroxylation is 1. The third-order valence-corrected chi connectivity index (χ3v) is 1.82. The second-order valence-electron chi connectivity index (χ2n) is 2.69. The van der Waals surface area contributed by atoms with Crippen LogP contribution in [0.5, 0.6) is 0 Å². The summed E-state index contributed by atoms with van der Waals surface area (Å²) < 4.78 is 0. The summed E-state index contributed by atoms with van der Waals surface area (Å²) in [5.74, 6) is 0.0304. The van der Waals surface area contributed by atoms with Crippen LogP contribution in [-0.2, 0) is 6.42 Å². The van der Waals surface area contributed by atoms with Gasteiger partial charge < -0.3 is 11.5 Å². The Balaban J connectivity index is 0. The highest BCUT2D eigenvalue weighted by Gasteiger charge is 2.02. The molecule has 0 bridgehead atoms. The van der Waals surface area contributed by atoms with Gasteiger partial charge in [-0.15, -0.1) is 0 Å². The van der Waals surface area contributed by atoms with Gasteiger partial charge in [-0.05, 0) is 30.4 Å². The molecule has 1 aromatic carbocycles. The summed E-state index contributed by atoms with van der Waals surface area (Å²) >= 11 is 3.53. The molecule has 0 unspecified atom stereocenters. The van der Waals surface area contributed by atoms with E-state index in [-0.39, 0.29) is 5.84 Å². The van der Waals surface area contributed by atoms with Crippen LogP contribution < -0.4 is 11.5 Å². The second-order valence-corrected chi connectivity index (χ2v) is 2.69. The van der Waals surface area contributed by atoms with Crippen LogP contribution in [0.15, 0.2) is 18.2 Å². The number of thiol groups is 1. The van der Waals surface area contributed by atoms with E-state index in [1.807, 2.05) is 26.0 Å². The van der Waals surface area contributed by atoms with Gasteiger partial charge in [-0.25, -0.2) is 0 Å². The van der Waals surface area contributed by atoms with E-state index >= 15 is 0 Å². The lowest BCUT2D eigenvalue weighted by atomic mass is 10.1. The van der Waals surface area contributed by atoms with Crippen LogP contribution in [-0.4, -0.2) is 12.1 Å². The molecule has 1 aromatic rings. The van der Waals surface area contributed by atoms with Crippen LogP contribution in [0.25, 0.3) is 0 Å². The molecule has 0 saturated carbocycles. The maximum atomic E-state index is 7.25. The Labute approximate surface area is 104 Å². The molecule has 0 saturated heterocycles. The van der Waals surface area contributed by atoms with Crippen LogP contribution in [0, 0.1) is 5.41 Å². The lowest BCUT2D eigenvalue weighted by Gasteiger charge is -2.05. The first kappa shape index (κ1) is 17.2. The van der Waals surface area contributed by atoms with Gasteiger partial charge in [0.2, 0.25) is 0 Å². The number of hydrogen-bond donors (Lipinski definition) is 4. The predicted molar refractivity (Wildman–Crippen MR) is 77.5 cm³/mol. The Morgan fingerprint density at radius 2 is 1.81 bits per heavy atom. The molecule has 0 aromatic heterocycles. The maximum Gasteiger partial charge on any atom is 0.124 e. The number of hydrogen-bond acceptors (Lipinski definition) is 3. The average Bonchev–Trinajstić information content (AvgIpc) is 2.34. The summed E-state index contributed by atoms with van der Waals surface area (Å²) in [6, 6.07) is 5.59. The molecule has 5 N–H and O–H groups in total.